The van der Waals surface area contributed by atoms with Gasteiger partial charge in [0.1, 0.15) is 5.82 Å². The van der Waals surface area contributed by atoms with Crippen LogP contribution in [0.3, 0.4) is 0 Å². The standard InChI is InChI=1S/C20H21ClFN5OS/c1-13(2)14-7-9-15(10-8-14)27-20(23-24-25-27)29-12-19(28)26(3)11-16-17(21)5-4-6-18(16)22/h4-10,13H,11-12H2,1-3H3. The van der Waals surface area contributed by atoms with Crippen molar-refractivity contribution >= 4 is 29.3 Å². The molecule has 0 unspecified atom stereocenters. The summed E-state index contributed by atoms with van der Waals surface area (Å²) in [5.41, 5.74) is 2.34. The highest BCUT2D eigenvalue weighted by atomic mass is 35.5. The van der Waals surface area contributed by atoms with E-state index in [1.165, 1.54) is 34.4 Å². The smallest absolute Gasteiger partial charge is 0.233 e. The number of amides is 1. The zero-order valence-corrected chi connectivity index (χ0v) is 17.9. The number of carbonyl (C=O) groups excluding carboxylic acids is 1. The van der Waals surface area contributed by atoms with Gasteiger partial charge >= 0.3 is 0 Å². The predicted molar refractivity (Wildman–Crippen MR) is 112 cm³/mol. The Morgan fingerprint density at radius 2 is 1.97 bits per heavy atom. The quantitative estimate of drug-likeness (QED) is 0.519. The van der Waals surface area contributed by atoms with E-state index in [2.05, 4.69) is 29.4 Å². The summed E-state index contributed by atoms with van der Waals surface area (Å²) in [4.78, 5) is 13.9. The Morgan fingerprint density at radius 1 is 1.24 bits per heavy atom. The van der Waals surface area contributed by atoms with Crippen molar-refractivity contribution in [2.75, 3.05) is 12.8 Å². The normalized spacial score (nSPS) is 11.1. The van der Waals surface area contributed by atoms with Gasteiger partial charge in [-0.3, -0.25) is 4.79 Å². The molecule has 1 amide bonds. The zero-order chi connectivity index (χ0) is 21.0. The van der Waals surface area contributed by atoms with Crippen LogP contribution in [0.25, 0.3) is 5.69 Å². The molecule has 1 aromatic heterocycles. The number of tetrazole rings is 1. The van der Waals surface area contributed by atoms with E-state index in [4.69, 9.17) is 11.6 Å². The number of carbonyl (C=O) groups is 1. The fourth-order valence-corrected chi connectivity index (χ4v) is 3.73. The number of benzene rings is 2. The molecule has 2 aromatic carbocycles. The SMILES string of the molecule is CC(C)c1ccc(-n2nnnc2SCC(=O)N(C)Cc2c(F)cccc2Cl)cc1. The van der Waals surface area contributed by atoms with Crippen LogP contribution in [0.4, 0.5) is 4.39 Å². The van der Waals surface area contributed by atoms with Crippen molar-refractivity contribution in [3.63, 3.8) is 0 Å². The third-order valence-electron chi connectivity index (χ3n) is 4.45. The number of hydrogen-bond acceptors (Lipinski definition) is 5. The lowest BCUT2D eigenvalue weighted by Crippen LogP contribution is -2.28. The molecule has 9 heteroatoms. The van der Waals surface area contributed by atoms with E-state index in [0.29, 0.717) is 21.7 Å². The van der Waals surface area contributed by atoms with Crippen LogP contribution < -0.4 is 0 Å². The predicted octanol–water partition coefficient (Wildman–Crippen LogP) is 4.33. The average molecular weight is 434 g/mol. The number of nitrogens with zero attached hydrogens (tertiary/aromatic N) is 5. The molecule has 29 heavy (non-hydrogen) atoms. The van der Waals surface area contributed by atoms with Crippen molar-refractivity contribution < 1.29 is 9.18 Å². The molecule has 0 bridgehead atoms. The first kappa shape index (κ1) is 21.3. The minimum absolute atomic E-state index is 0.0898. The Morgan fingerprint density at radius 3 is 2.62 bits per heavy atom. The molecule has 152 valence electrons. The molecule has 0 N–H and O–H groups in total. The van der Waals surface area contributed by atoms with Crippen LogP contribution in [0.5, 0.6) is 0 Å². The van der Waals surface area contributed by atoms with Crippen molar-refractivity contribution in [3.8, 4) is 5.69 Å². The average Bonchev–Trinajstić information content (AvgIpc) is 3.17. The van der Waals surface area contributed by atoms with Gasteiger partial charge in [-0.25, -0.2) is 4.39 Å². The van der Waals surface area contributed by atoms with Crippen molar-refractivity contribution in [3.05, 3.63) is 64.4 Å². The molecule has 0 saturated carbocycles. The van der Waals surface area contributed by atoms with Gasteiger partial charge in [0.15, 0.2) is 0 Å². The third-order valence-corrected chi connectivity index (χ3v) is 5.71. The molecular weight excluding hydrogens is 413 g/mol. The van der Waals surface area contributed by atoms with Gasteiger partial charge in [0.25, 0.3) is 0 Å². The van der Waals surface area contributed by atoms with E-state index in [9.17, 15) is 9.18 Å². The van der Waals surface area contributed by atoms with Crippen molar-refractivity contribution in [2.24, 2.45) is 0 Å². The fraction of sp³-hybridized carbons (Fsp3) is 0.300. The maximum absolute atomic E-state index is 13.9. The first-order valence-corrected chi connectivity index (χ1v) is 10.4. The van der Waals surface area contributed by atoms with E-state index in [1.54, 1.807) is 17.8 Å². The molecule has 0 aliphatic heterocycles. The van der Waals surface area contributed by atoms with E-state index in [-0.39, 0.29) is 18.2 Å². The van der Waals surface area contributed by atoms with E-state index < -0.39 is 5.82 Å². The maximum atomic E-state index is 13.9. The Kier molecular flexibility index (Phi) is 6.87. The van der Waals surface area contributed by atoms with Crippen molar-refractivity contribution in [1.82, 2.24) is 25.1 Å². The van der Waals surface area contributed by atoms with Crippen LogP contribution in [-0.4, -0.2) is 43.8 Å². The summed E-state index contributed by atoms with van der Waals surface area (Å²) in [5, 5.41) is 12.5. The van der Waals surface area contributed by atoms with Gasteiger partial charge in [0.05, 0.1) is 11.4 Å². The second-order valence-electron chi connectivity index (χ2n) is 6.86. The van der Waals surface area contributed by atoms with Gasteiger partial charge in [0, 0.05) is 24.2 Å². The third kappa shape index (κ3) is 5.13. The van der Waals surface area contributed by atoms with Gasteiger partial charge in [-0.05, 0) is 46.2 Å². The van der Waals surface area contributed by atoms with Crippen LogP contribution in [0.15, 0.2) is 47.6 Å². The lowest BCUT2D eigenvalue weighted by molar-refractivity contribution is -0.127. The van der Waals surface area contributed by atoms with Gasteiger partial charge in [0.2, 0.25) is 11.1 Å². The second kappa shape index (κ2) is 9.37. The summed E-state index contributed by atoms with van der Waals surface area (Å²) >= 11 is 7.27. The molecular formula is C20H21ClFN5OS. The molecule has 0 atom stereocenters. The highest BCUT2D eigenvalue weighted by Crippen LogP contribution is 2.23. The second-order valence-corrected chi connectivity index (χ2v) is 8.21. The van der Waals surface area contributed by atoms with E-state index in [1.807, 2.05) is 24.3 Å². The lowest BCUT2D eigenvalue weighted by Gasteiger charge is -2.18. The molecule has 0 aliphatic rings. The Labute approximate surface area is 178 Å². The van der Waals surface area contributed by atoms with Crippen LogP contribution in [0.2, 0.25) is 5.02 Å². The van der Waals surface area contributed by atoms with Crippen LogP contribution in [-0.2, 0) is 11.3 Å². The number of halogens is 2. The first-order valence-electron chi connectivity index (χ1n) is 9.05. The van der Waals surface area contributed by atoms with Crippen LogP contribution >= 0.6 is 23.4 Å². The van der Waals surface area contributed by atoms with Gasteiger partial charge in [-0.2, -0.15) is 4.68 Å². The zero-order valence-electron chi connectivity index (χ0n) is 16.3. The molecule has 0 radical (unpaired) electrons. The maximum Gasteiger partial charge on any atom is 0.233 e. The Balaban J connectivity index is 1.64. The lowest BCUT2D eigenvalue weighted by atomic mass is 10.0. The van der Waals surface area contributed by atoms with Crippen LogP contribution in [0.1, 0.15) is 30.9 Å². The number of hydrogen-bond donors (Lipinski definition) is 0. The summed E-state index contributed by atoms with van der Waals surface area (Å²) in [6.45, 7) is 4.35. The number of thioether (sulfide) groups is 1. The largest absolute Gasteiger partial charge is 0.341 e. The Bertz CT molecular complexity index is 973. The van der Waals surface area contributed by atoms with Gasteiger partial charge in [-0.15, -0.1) is 5.10 Å². The topological polar surface area (TPSA) is 63.9 Å². The van der Waals surface area contributed by atoms with E-state index in [0.717, 1.165) is 5.69 Å². The number of rotatable bonds is 7. The van der Waals surface area contributed by atoms with Crippen LogP contribution in [0, 0.1) is 5.82 Å². The minimum atomic E-state index is -0.432. The molecule has 0 saturated heterocycles. The van der Waals surface area contributed by atoms with Gasteiger partial charge < -0.3 is 4.90 Å². The van der Waals surface area contributed by atoms with Gasteiger partial charge in [-0.1, -0.05) is 55.4 Å². The number of aromatic nitrogens is 4. The van der Waals surface area contributed by atoms with E-state index >= 15 is 0 Å². The summed E-state index contributed by atoms with van der Waals surface area (Å²) in [5.74, 6) is -0.0620. The summed E-state index contributed by atoms with van der Waals surface area (Å²) in [7, 11) is 1.61. The summed E-state index contributed by atoms with van der Waals surface area (Å²) < 4.78 is 15.5. The highest BCUT2D eigenvalue weighted by molar-refractivity contribution is 7.99. The molecule has 3 rings (SSSR count). The molecule has 6 nitrogen and oxygen atoms in total. The minimum Gasteiger partial charge on any atom is -0.341 e. The first-order chi connectivity index (χ1) is 13.9. The molecule has 3 aromatic rings. The highest BCUT2D eigenvalue weighted by Gasteiger charge is 2.17. The monoisotopic (exact) mass is 433 g/mol. The summed E-state index contributed by atoms with van der Waals surface area (Å²) in [6.07, 6.45) is 0. The molecule has 0 aliphatic carbocycles. The van der Waals surface area contributed by atoms with Crippen molar-refractivity contribution in [1.29, 1.82) is 0 Å². The fourth-order valence-electron chi connectivity index (χ4n) is 2.68. The molecule has 0 fully saturated rings. The molecule has 0 spiro atoms. The summed E-state index contributed by atoms with van der Waals surface area (Å²) in [6, 6.07) is 12.4. The Hall–Kier alpha value is -2.45. The van der Waals surface area contributed by atoms with Crippen molar-refractivity contribution in [2.45, 2.75) is 31.5 Å². The molecule has 1 heterocycles.